The van der Waals surface area contributed by atoms with Gasteiger partial charge in [0.25, 0.3) is 0 Å². The summed E-state index contributed by atoms with van der Waals surface area (Å²) in [4.78, 5) is 5.90. The number of hydrazone groups is 1. The molecule has 35 heavy (non-hydrogen) atoms. The maximum Gasteiger partial charge on any atom is 0.204 e. The van der Waals surface area contributed by atoms with Crippen molar-refractivity contribution in [3.05, 3.63) is 89.4 Å². The van der Waals surface area contributed by atoms with Crippen LogP contribution >= 0.6 is 22.9 Å². The standard InChI is InChI=1S/C29H30ClN3OS/c1-2-3-4-5-9-20-34-26-18-12-22(13-19-26)21-31-33-29-32-27(23-10-7-6-8-11-23)28(35-29)24-14-16-25(30)17-15-24/h6-8,10-19,21H,2-5,9,20H2,1H3,(H,32,33)/b31-21-. The first-order chi connectivity index (χ1) is 17.2. The number of rotatable bonds is 12. The molecule has 0 saturated heterocycles. The zero-order chi connectivity index (χ0) is 24.3. The van der Waals surface area contributed by atoms with E-state index in [-0.39, 0.29) is 0 Å². The van der Waals surface area contributed by atoms with Crippen LogP contribution in [0.5, 0.6) is 5.75 Å². The number of hydrogen-bond acceptors (Lipinski definition) is 5. The highest BCUT2D eigenvalue weighted by molar-refractivity contribution is 7.19. The van der Waals surface area contributed by atoms with Gasteiger partial charge >= 0.3 is 0 Å². The molecule has 0 amide bonds. The molecule has 6 heteroatoms. The Morgan fingerprint density at radius 3 is 2.37 bits per heavy atom. The van der Waals surface area contributed by atoms with Gasteiger partial charge in [0.05, 0.1) is 23.4 Å². The number of unbranched alkanes of at least 4 members (excludes halogenated alkanes) is 4. The van der Waals surface area contributed by atoms with E-state index in [9.17, 15) is 0 Å². The second-order valence-corrected chi connectivity index (χ2v) is 9.71. The van der Waals surface area contributed by atoms with Crippen LogP contribution in [0.25, 0.3) is 21.7 Å². The number of thiazole rings is 1. The van der Waals surface area contributed by atoms with Gasteiger partial charge in [-0.15, -0.1) is 0 Å². The van der Waals surface area contributed by atoms with Crippen molar-refractivity contribution in [1.29, 1.82) is 0 Å². The summed E-state index contributed by atoms with van der Waals surface area (Å²) >= 11 is 7.66. The summed E-state index contributed by atoms with van der Waals surface area (Å²) in [6.45, 7) is 3.00. The minimum Gasteiger partial charge on any atom is -0.494 e. The van der Waals surface area contributed by atoms with Crippen LogP contribution in [0.3, 0.4) is 0 Å². The van der Waals surface area contributed by atoms with Crippen LogP contribution < -0.4 is 10.2 Å². The summed E-state index contributed by atoms with van der Waals surface area (Å²) in [5, 5.41) is 5.86. The number of aromatic nitrogens is 1. The van der Waals surface area contributed by atoms with Gasteiger partial charge in [0, 0.05) is 10.6 Å². The molecule has 3 aromatic carbocycles. The molecule has 1 N–H and O–H groups in total. The topological polar surface area (TPSA) is 46.5 Å². The molecule has 0 fully saturated rings. The van der Waals surface area contributed by atoms with Crippen LogP contribution in [0.15, 0.2) is 84.0 Å². The van der Waals surface area contributed by atoms with Crippen molar-refractivity contribution in [3.63, 3.8) is 0 Å². The third-order valence-electron chi connectivity index (χ3n) is 5.55. The quantitative estimate of drug-likeness (QED) is 0.119. The molecule has 1 heterocycles. The lowest BCUT2D eigenvalue weighted by atomic mass is 10.1. The van der Waals surface area contributed by atoms with E-state index in [0.717, 1.165) is 51.2 Å². The summed E-state index contributed by atoms with van der Waals surface area (Å²) in [5.74, 6) is 0.894. The highest BCUT2D eigenvalue weighted by atomic mass is 35.5. The molecule has 180 valence electrons. The predicted molar refractivity (Wildman–Crippen MR) is 150 cm³/mol. The third-order valence-corrected chi connectivity index (χ3v) is 6.81. The maximum absolute atomic E-state index is 6.09. The van der Waals surface area contributed by atoms with E-state index >= 15 is 0 Å². The lowest BCUT2D eigenvalue weighted by Gasteiger charge is -2.06. The molecule has 4 rings (SSSR count). The van der Waals surface area contributed by atoms with Crippen LogP contribution in [0.4, 0.5) is 5.13 Å². The number of nitrogens with one attached hydrogen (secondary N) is 1. The number of hydrogen-bond donors (Lipinski definition) is 1. The number of nitrogens with zero attached hydrogens (tertiary/aromatic N) is 2. The van der Waals surface area contributed by atoms with Gasteiger partial charge in [-0.3, -0.25) is 5.43 Å². The largest absolute Gasteiger partial charge is 0.494 e. The second-order valence-electron chi connectivity index (χ2n) is 8.27. The molecule has 0 aliphatic rings. The highest BCUT2D eigenvalue weighted by Gasteiger charge is 2.14. The average Bonchev–Trinajstić information content (AvgIpc) is 3.32. The number of anilines is 1. The first kappa shape index (κ1) is 25.0. The SMILES string of the molecule is CCCCCCCOc1ccc(/C=N\Nc2nc(-c3ccccc3)c(-c3ccc(Cl)cc3)s2)cc1. The summed E-state index contributed by atoms with van der Waals surface area (Å²) in [7, 11) is 0. The van der Waals surface area contributed by atoms with Crippen LogP contribution in [0.1, 0.15) is 44.6 Å². The first-order valence-electron chi connectivity index (χ1n) is 12.1. The second kappa shape index (κ2) is 13.1. The van der Waals surface area contributed by atoms with Gasteiger partial charge in [-0.25, -0.2) is 4.98 Å². The van der Waals surface area contributed by atoms with Gasteiger partial charge in [-0.05, 0) is 53.9 Å². The number of ether oxygens (including phenoxy) is 1. The fraction of sp³-hybridized carbons (Fsp3) is 0.241. The Labute approximate surface area is 216 Å². The zero-order valence-electron chi connectivity index (χ0n) is 19.9. The van der Waals surface area contributed by atoms with Crippen molar-refractivity contribution in [1.82, 2.24) is 4.98 Å². The van der Waals surface area contributed by atoms with Gasteiger partial charge in [0.1, 0.15) is 5.75 Å². The molecule has 0 spiro atoms. The highest BCUT2D eigenvalue weighted by Crippen LogP contribution is 2.39. The Bertz CT molecular complexity index is 1210. The lowest BCUT2D eigenvalue weighted by molar-refractivity contribution is 0.304. The zero-order valence-corrected chi connectivity index (χ0v) is 21.5. The Morgan fingerprint density at radius 1 is 0.886 bits per heavy atom. The van der Waals surface area contributed by atoms with Crippen molar-refractivity contribution in [2.45, 2.75) is 39.0 Å². The van der Waals surface area contributed by atoms with E-state index in [1.807, 2.05) is 66.7 Å². The van der Waals surface area contributed by atoms with Gasteiger partial charge in [0.2, 0.25) is 5.13 Å². The number of halogens is 1. The molecule has 0 atom stereocenters. The third kappa shape index (κ3) is 7.41. The Hall–Kier alpha value is -3.15. The van der Waals surface area contributed by atoms with Crippen LogP contribution in [0, 0.1) is 0 Å². The molecule has 0 unspecified atom stereocenters. The van der Waals surface area contributed by atoms with Gasteiger partial charge in [-0.2, -0.15) is 5.10 Å². The van der Waals surface area contributed by atoms with Crippen LogP contribution in [0.2, 0.25) is 5.02 Å². The van der Waals surface area contributed by atoms with E-state index in [1.165, 1.54) is 25.7 Å². The Balaban J connectivity index is 1.39. The molecule has 0 aliphatic carbocycles. The molecular weight excluding hydrogens is 474 g/mol. The minimum absolute atomic E-state index is 0.714. The summed E-state index contributed by atoms with van der Waals surface area (Å²) in [5.41, 5.74) is 7.15. The molecule has 1 aromatic heterocycles. The minimum atomic E-state index is 0.714. The first-order valence-corrected chi connectivity index (χ1v) is 13.3. The average molecular weight is 504 g/mol. The Morgan fingerprint density at radius 2 is 1.63 bits per heavy atom. The fourth-order valence-electron chi connectivity index (χ4n) is 3.66. The summed E-state index contributed by atoms with van der Waals surface area (Å²) in [6.07, 6.45) is 7.98. The maximum atomic E-state index is 6.09. The van der Waals surface area contributed by atoms with Gasteiger partial charge in [0.15, 0.2) is 0 Å². The molecule has 0 saturated carbocycles. The normalized spacial score (nSPS) is 11.1. The van der Waals surface area contributed by atoms with E-state index in [0.29, 0.717) is 5.02 Å². The molecule has 4 aromatic rings. The van der Waals surface area contributed by atoms with E-state index in [4.69, 9.17) is 21.3 Å². The monoisotopic (exact) mass is 503 g/mol. The van der Waals surface area contributed by atoms with E-state index in [1.54, 1.807) is 17.6 Å². The predicted octanol–water partition coefficient (Wildman–Crippen LogP) is 8.93. The fourth-order valence-corrected chi connectivity index (χ4v) is 4.73. The molecule has 4 nitrogen and oxygen atoms in total. The summed E-state index contributed by atoms with van der Waals surface area (Å²) in [6, 6.07) is 26.0. The molecule has 0 bridgehead atoms. The smallest absolute Gasteiger partial charge is 0.204 e. The van der Waals surface area contributed by atoms with Crippen molar-refractivity contribution < 1.29 is 4.74 Å². The summed E-state index contributed by atoms with van der Waals surface area (Å²) < 4.78 is 5.85. The van der Waals surface area contributed by atoms with Gasteiger partial charge < -0.3 is 4.74 Å². The van der Waals surface area contributed by atoms with E-state index < -0.39 is 0 Å². The Kier molecular flexibility index (Phi) is 9.32. The van der Waals surface area contributed by atoms with Crippen molar-refractivity contribution in [3.8, 4) is 27.4 Å². The number of benzene rings is 3. The van der Waals surface area contributed by atoms with Gasteiger partial charge in [-0.1, -0.05) is 98.0 Å². The van der Waals surface area contributed by atoms with Crippen LogP contribution in [-0.4, -0.2) is 17.8 Å². The lowest BCUT2D eigenvalue weighted by Crippen LogP contribution is -1.97. The van der Waals surface area contributed by atoms with Crippen molar-refractivity contribution in [2.24, 2.45) is 5.10 Å². The molecular formula is C29H30ClN3OS. The van der Waals surface area contributed by atoms with E-state index in [2.05, 4.69) is 29.6 Å². The van der Waals surface area contributed by atoms with Crippen molar-refractivity contribution >= 4 is 34.3 Å². The molecule has 0 radical (unpaired) electrons. The van der Waals surface area contributed by atoms with Crippen LogP contribution in [-0.2, 0) is 0 Å². The van der Waals surface area contributed by atoms with Crippen molar-refractivity contribution in [2.75, 3.05) is 12.0 Å². The molecule has 0 aliphatic heterocycles.